The molecule has 3 heterocycles. The van der Waals surface area contributed by atoms with Gasteiger partial charge in [0.15, 0.2) is 0 Å². The molecule has 2 fully saturated rings. The highest BCUT2D eigenvalue weighted by Gasteiger charge is 2.26. The lowest BCUT2D eigenvalue weighted by molar-refractivity contribution is 0.0570. The van der Waals surface area contributed by atoms with Crippen molar-refractivity contribution in [1.82, 2.24) is 19.7 Å². The van der Waals surface area contributed by atoms with Crippen LogP contribution in [0.1, 0.15) is 40.5 Å². The van der Waals surface area contributed by atoms with E-state index in [0.717, 1.165) is 25.9 Å². The zero-order chi connectivity index (χ0) is 18.5. The zero-order valence-electron chi connectivity index (χ0n) is 15.0. The minimum atomic E-state index is -0.348. The van der Waals surface area contributed by atoms with Gasteiger partial charge in [-0.1, -0.05) is 0 Å². The minimum Gasteiger partial charge on any atom is -0.450 e. The lowest BCUT2D eigenvalue weighted by Gasteiger charge is -2.34. The fourth-order valence-electron chi connectivity index (χ4n) is 3.27. The van der Waals surface area contributed by atoms with Crippen LogP contribution in [-0.2, 0) is 4.74 Å². The van der Waals surface area contributed by atoms with Gasteiger partial charge in [-0.15, -0.1) is 0 Å². The molecule has 0 N–H and O–H groups in total. The molecule has 8 nitrogen and oxygen atoms in total. The number of hydrogen-bond donors (Lipinski definition) is 0. The lowest BCUT2D eigenvalue weighted by Crippen LogP contribution is -2.50. The van der Waals surface area contributed by atoms with E-state index in [2.05, 4.69) is 4.98 Å². The van der Waals surface area contributed by atoms with Crippen molar-refractivity contribution in [3.63, 3.8) is 0 Å². The molecule has 26 heavy (non-hydrogen) atoms. The van der Waals surface area contributed by atoms with Gasteiger partial charge >= 0.3 is 6.09 Å². The minimum absolute atomic E-state index is 0.0724. The predicted molar refractivity (Wildman–Crippen MR) is 93.9 cm³/mol. The van der Waals surface area contributed by atoms with E-state index in [1.807, 2.05) is 0 Å². The first-order valence-corrected chi connectivity index (χ1v) is 9.05. The van der Waals surface area contributed by atoms with Crippen molar-refractivity contribution in [3.05, 3.63) is 29.6 Å². The molecule has 0 spiro atoms. The molecule has 8 heteroatoms. The summed E-state index contributed by atoms with van der Waals surface area (Å²) in [6.07, 6.45) is 4.68. The SMILES string of the molecule is CCOC(=O)N1CCN(C(=O)c2cncc(C(=O)N3CCCC3)c2)CC1. The van der Waals surface area contributed by atoms with Gasteiger partial charge in [-0.05, 0) is 25.8 Å². The van der Waals surface area contributed by atoms with Gasteiger partial charge in [0.05, 0.1) is 17.7 Å². The van der Waals surface area contributed by atoms with Crippen LogP contribution in [0.25, 0.3) is 0 Å². The molecule has 2 saturated heterocycles. The van der Waals surface area contributed by atoms with Crippen LogP contribution in [0.2, 0.25) is 0 Å². The van der Waals surface area contributed by atoms with E-state index in [9.17, 15) is 14.4 Å². The third kappa shape index (κ3) is 3.95. The lowest BCUT2D eigenvalue weighted by atomic mass is 10.1. The third-order valence-electron chi connectivity index (χ3n) is 4.72. The molecule has 2 aliphatic heterocycles. The Hall–Kier alpha value is -2.64. The number of aromatic nitrogens is 1. The van der Waals surface area contributed by atoms with Crippen LogP contribution in [0.3, 0.4) is 0 Å². The third-order valence-corrected chi connectivity index (χ3v) is 4.72. The van der Waals surface area contributed by atoms with Gasteiger partial charge in [0, 0.05) is 51.7 Å². The van der Waals surface area contributed by atoms with Crippen LogP contribution in [-0.4, -0.2) is 83.5 Å². The number of amides is 3. The molecule has 0 unspecified atom stereocenters. The van der Waals surface area contributed by atoms with Gasteiger partial charge in [-0.3, -0.25) is 14.6 Å². The number of piperazine rings is 1. The van der Waals surface area contributed by atoms with Crippen molar-refractivity contribution >= 4 is 17.9 Å². The number of pyridine rings is 1. The Labute approximate surface area is 152 Å². The molecule has 3 amide bonds. The number of likely N-dealkylation sites (tertiary alicyclic amines) is 1. The quantitative estimate of drug-likeness (QED) is 0.810. The summed E-state index contributed by atoms with van der Waals surface area (Å²) < 4.78 is 4.98. The van der Waals surface area contributed by atoms with Crippen molar-refractivity contribution in [2.75, 3.05) is 45.9 Å². The van der Waals surface area contributed by atoms with E-state index in [-0.39, 0.29) is 17.9 Å². The summed E-state index contributed by atoms with van der Waals surface area (Å²) in [6.45, 7) is 5.35. The first-order chi connectivity index (χ1) is 12.6. The molecule has 0 bridgehead atoms. The second-order valence-electron chi connectivity index (χ2n) is 6.44. The molecule has 1 aromatic heterocycles. The van der Waals surface area contributed by atoms with Crippen molar-refractivity contribution < 1.29 is 19.1 Å². The summed E-state index contributed by atoms with van der Waals surface area (Å²) in [5.74, 6) is -0.242. The fourth-order valence-corrected chi connectivity index (χ4v) is 3.27. The molecule has 1 aromatic rings. The number of hydrogen-bond acceptors (Lipinski definition) is 5. The number of rotatable bonds is 3. The summed E-state index contributed by atoms with van der Waals surface area (Å²) >= 11 is 0. The van der Waals surface area contributed by atoms with E-state index >= 15 is 0 Å². The molecule has 0 aromatic carbocycles. The molecular formula is C18H24N4O4. The maximum absolute atomic E-state index is 12.7. The summed E-state index contributed by atoms with van der Waals surface area (Å²) in [5, 5.41) is 0. The van der Waals surface area contributed by atoms with E-state index in [1.165, 1.54) is 12.4 Å². The normalized spacial score (nSPS) is 17.3. The number of nitrogens with zero attached hydrogens (tertiary/aromatic N) is 4. The predicted octanol–water partition coefficient (Wildman–Crippen LogP) is 1.23. The van der Waals surface area contributed by atoms with Gasteiger partial charge in [0.2, 0.25) is 0 Å². The molecule has 2 aliphatic rings. The summed E-state index contributed by atoms with van der Waals surface area (Å²) in [7, 11) is 0. The van der Waals surface area contributed by atoms with E-state index < -0.39 is 0 Å². The maximum atomic E-state index is 12.7. The van der Waals surface area contributed by atoms with Crippen molar-refractivity contribution in [2.24, 2.45) is 0 Å². The Kier molecular flexibility index (Phi) is 5.70. The van der Waals surface area contributed by atoms with Gasteiger partial charge < -0.3 is 19.4 Å². The number of carbonyl (C=O) groups is 3. The molecule has 3 rings (SSSR count). The molecule has 0 saturated carbocycles. The van der Waals surface area contributed by atoms with E-state index in [1.54, 1.807) is 27.7 Å². The second-order valence-corrected chi connectivity index (χ2v) is 6.44. The van der Waals surface area contributed by atoms with Crippen molar-refractivity contribution in [2.45, 2.75) is 19.8 Å². The van der Waals surface area contributed by atoms with Crippen molar-refractivity contribution in [1.29, 1.82) is 0 Å². The summed E-state index contributed by atoms with van der Waals surface area (Å²) in [6, 6.07) is 1.62. The average Bonchev–Trinajstić information content (AvgIpc) is 3.22. The second kappa shape index (κ2) is 8.16. The summed E-state index contributed by atoms with van der Waals surface area (Å²) in [4.78, 5) is 46.1. The molecular weight excluding hydrogens is 336 g/mol. The number of carbonyl (C=O) groups excluding carboxylic acids is 3. The molecule has 140 valence electrons. The van der Waals surface area contributed by atoms with Gasteiger partial charge in [-0.25, -0.2) is 4.79 Å². The Morgan fingerprint density at radius 3 is 1.92 bits per heavy atom. The smallest absolute Gasteiger partial charge is 0.409 e. The Balaban J connectivity index is 1.62. The van der Waals surface area contributed by atoms with Crippen LogP contribution in [0.4, 0.5) is 4.79 Å². The van der Waals surface area contributed by atoms with Crippen LogP contribution < -0.4 is 0 Å². The average molecular weight is 360 g/mol. The number of ether oxygens (including phenoxy) is 1. The standard InChI is InChI=1S/C18H24N4O4/c1-2-26-18(25)22-9-7-21(8-10-22)17(24)15-11-14(12-19-13-15)16(23)20-5-3-4-6-20/h11-13H,2-10H2,1H3. The van der Waals surface area contributed by atoms with Gasteiger partial charge in [-0.2, -0.15) is 0 Å². The van der Waals surface area contributed by atoms with Crippen molar-refractivity contribution in [3.8, 4) is 0 Å². The maximum Gasteiger partial charge on any atom is 0.409 e. The molecule has 0 atom stereocenters. The zero-order valence-corrected chi connectivity index (χ0v) is 15.0. The highest BCUT2D eigenvalue weighted by atomic mass is 16.6. The molecule has 0 aliphatic carbocycles. The van der Waals surface area contributed by atoms with Crippen LogP contribution in [0.5, 0.6) is 0 Å². The van der Waals surface area contributed by atoms with Crippen LogP contribution >= 0.6 is 0 Å². The topological polar surface area (TPSA) is 83.0 Å². The van der Waals surface area contributed by atoms with Gasteiger partial charge in [0.1, 0.15) is 0 Å². The Morgan fingerprint density at radius 1 is 0.885 bits per heavy atom. The molecule has 0 radical (unpaired) electrons. The Morgan fingerprint density at radius 2 is 1.38 bits per heavy atom. The summed E-state index contributed by atoms with van der Waals surface area (Å²) in [5.41, 5.74) is 0.850. The van der Waals surface area contributed by atoms with E-state index in [0.29, 0.717) is 43.9 Å². The highest BCUT2D eigenvalue weighted by Crippen LogP contribution is 2.15. The first-order valence-electron chi connectivity index (χ1n) is 9.05. The van der Waals surface area contributed by atoms with Crippen LogP contribution in [0.15, 0.2) is 18.5 Å². The fraction of sp³-hybridized carbons (Fsp3) is 0.556. The van der Waals surface area contributed by atoms with E-state index in [4.69, 9.17) is 4.74 Å². The first kappa shape index (κ1) is 18.2. The Bertz CT molecular complexity index is 680. The monoisotopic (exact) mass is 360 g/mol. The largest absolute Gasteiger partial charge is 0.450 e. The van der Waals surface area contributed by atoms with Gasteiger partial charge in [0.25, 0.3) is 11.8 Å². The highest BCUT2D eigenvalue weighted by molar-refractivity contribution is 5.99. The van der Waals surface area contributed by atoms with Crippen LogP contribution in [0, 0.1) is 0 Å².